The molecule has 8 heteroatoms. The minimum atomic E-state index is -0.261. The highest BCUT2D eigenvalue weighted by atomic mass is 35.5. The van der Waals surface area contributed by atoms with E-state index in [1.165, 1.54) is 6.20 Å². The summed E-state index contributed by atoms with van der Waals surface area (Å²) in [6, 6.07) is 14.3. The third-order valence-electron chi connectivity index (χ3n) is 5.75. The number of aromatic hydroxyl groups is 1. The smallest absolute Gasteiger partial charge is 0.131 e. The maximum atomic E-state index is 10.0. The number of pyridine rings is 1. The average Bonchev–Trinajstić information content (AvgIpc) is 2.95. The third-order valence-corrected chi connectivity index (χ3v) is 6.14. The van der Waals surface area contributed by atoms with Crippen molar-refractivity contribution >= 4 is 17.4 Å². The Morgan fingerprint density at radius 3 is 2.51 bits per heavy atom. The van der Waals surface area contributed by atoms with E-state index in [0.29, 0.717) is 28.1 Å². The molecule has 1 atom stereocenters. The van der Waals surface area contributed by atoms with Crippen LogP contribution in [-0.2, 0) is 0 Å². The molecule has 2 aromatic heterocycles. The predicted molar refractivity (Wildman–Crippen MR) is 139 cm³/mol. The Morgan fingerprint density at radius 1 is 1.03 bits per heavy atom. The van der Waals surface area contributed by atoms with Crippen LogP contribution in [0.5, 0.6) is 11.5 Å². The Kier molecular flexibility index (Phi) is 7.17. The Bertz CT molecular complexity index is 1400. The molecule has 0 aliphatic rings. The molecule has 0 amide bonds. The minimum absolute atomic E-state index is 0.137. The summed E-state index contributed by atoms with van der Waals surface area (Å²) in [7, 11) is 1.64. The summed E-state index contributed by atoms with van der Waals surface area (Å²) in [6.45, 7) is 3.97. The van der Waals surface area contributed by atoms with Crippen molar-refractivity contribution in [3.8, 4) is 33.9 Å². The molecule has 2 heterocycles. The summed E-state index contributed by atoms with van der Waals surface area (Å²) in [6.07, 6.45) is 6.63. The molecule has 0 saturated carbocycles. The van der Waals surface area contributed by atoms with Crippen LogP contribution in [0.15, 0.2) is 73.3 Å². The molecule has 0 aliphatic heterocycles. The highest BCUT2D eigenvalue weighted by molar-refractivity contribution is 6.32. The molecule has 1 unspecified atom stereocenters. The molecule has 4 aromatic rings. The van der Waals surface area contributed by atoms with Gasteiger partial charge in [-0.25, -0.2) is 9.97 Å². The first kappa shape index (κ1) is 24.0. The normalized spacial score (nSPS) is 11.5. The summed E-state index contributed by atoms with van der Waals surface area (Å²) in [4.78, 5) is 16.5. The van der Waals surface area contributed by atoms with E-state index in [2.05, 4.69) is 19.9 Å². The van der Waals surface area contributed by atoms with Gasteiger partial charge in [0.15, 0.2) is 0 Å². The molecule has 0 fully saturated rings. The lowest BCUT2D eigenvalue weighted by Crippen LogP contribution is -2.06. The van der Waals surface area contributed by atoms with Crippen LogP contribution in [0, 0.1) is 6.92 Å². The van der Waals surface area contributed by atoms with Crippen LogP contribution in [0.2, 0.25) is 5.02 Å². The van der Waals surface area contributed by atoms with Crippen molar-refractivity contribution in [1.82, 2.24) is 19.9 Å². The van der Waals surface area contributed by atoms with Crippen LogP contribution >= 0.6 is 11.6 Å². The summed E-state index contributed by atoms with van der Waals surface area (Å²) < 4.78 is 5.93. The first-order valence-electron chi connectivity index (χ1n) is 11.0. The molecular weight excluding hydrogens is 462 g/mol. The summed E-state index contributed by atoms with van der Waals surface area (Å²) >= 11 is 6.70. The maximum Gasteiger partial charge on any atom is 0.131 e. The maximum absolute atomic E-state index is 10.0. The van der Waals surface area contributed by atoms with Gasteiger partial charge in [0.25, 0.3) is 0 Å². The zero-order valence-corrected chi connectivity index (χ0v) is 20.4. The van der Waals surface area contributed by atoms with Crippen LogP contribution in [0.3, 0.4) is 0 Å². The van der Waals surface area contributed by atoms with Crippen molar-refractivity contribution < 1.29 is 9.84 Å². The Morgan fingerprint density at radius 2 is 1.80 bits per heavy atom. The number of phenols is 1. The van der Waals surface area contributed by atoms with E-state index in [-0.39, 0.29) is 11.7 Å². The quantitative estimate of drug-likeness (QED) is 0.315. The number of benzene rings is 2. The molecular formula is C27H26ClN5O2. The van der Waals surface area contributed by atoms with E-state index < -0.39 is 0 Å². The molecule has 178 valence electrons. The lowest BCUT2D eigenvalue weighted by molar-refractivity contribution is 0.409. The molecule has 0 aliphatic carbocycles. The van der Waals surface area contributed by atoms with Crippen molar-refractivity contribution in [2.45, 2.75) is 19.8 Å². The van der Waals surface area contributed by atoms with Crippen LogP contribution in [0.4, 0.5) is 5.82 Å². The van der Waals surface area contributed by atoms with E-state index in [1.54, 1.807) is 50.0 Å². The number of nitrogen functional groups attached to an aromatic ring is 1. The fourth-order valence-corrected chi connectivity index (χ4v) is 4.18. The number of phenolic OH excluding ortho intramolecular Hbond substituents is 1. The number of aromatic nitrogens is 4. The van der Waals surface area contributed by atoms with Crippen molar-refractivity contribution in [3.63, 3.8) is 0 Å². The molecule has 4 N–H and O–H groups in total. The van der Waals surface area contributed by atoms with Gasteiger partial charge in [0.05, 0.1) is 12.8 Å². The van der Waals surface area contributed by atoms with E-state index in [1.807, 2.05) is 38.1 Å². The van der Waals surface area contributed by atoms with E-state index in [4.69, 9.17) is 22.1 Å². The number of methoxy groups -OCH3 is 1. The van der Waals surface area contributed by atoms with Gasteiger partial charge in [0.2, 0.25) is 0 Å². The van der Waals surface area contributed by atoms with Crippen LogP contribution < -0.4 is 10.5 Å². The fraction of sp³-hybridized carbons (Fsp3) is 0.148. The Balaban J connectivity index is 1.95. The van der Waals surface area contributed by atoms with Gasteiger partial charge in [-0.1, -0.05) is 36.7 Å². The monoisotopic (exact) mass is 487 g/mol. The number of nitrogens with one attached hydrogen (secondary N) is 1. The minimum Gasteiger partial charge on any atom is -0.508 e. The van der Waals surface area contributed by atoms with Gasteiger partial charge >= 0.3 is 0 Å². The van der Waals surface area contributed by atoms with Crippen LogP contribution in [0.25, 0.3) is 22.4 Å². The van der Waals surface area contributed by atoms with E-state index >= 15 is 0 Å². The molecule has 0 spiro atoms. The Labute approximate surface area is 209 Å². The number of nitrogens with two attached hydrogens (primary N) is 1. The van der Waals surface area contributed by atoms with Crippen molar-refractivity contribution in [1.29, 1.82) is 0 Å². The fourth-order valence-electron chi connectivity index (χ4n) is 3.96. The zero-order valence-electron chi connectivity index (χ0n) is 19.7. The number of ether oxygens (including phenoxy) is 1. The predicted octanol–water partition coefficient (Wildman–Crippen LogP) is 6.07. The van der Waals surface area contributed by atoms with Gasteiger partial charge in [-0.2, -0.15) is 0 Å². The molecule has 4 rings (SSSR count). The van der Waals surface area contributed by atoms with Crippen molar-refractivity contribution in [2.24, 2.45) is 0 Å². The van der Waals surface area contributed by atoms with Gasteiger partial charge in [-0.15, -0.1) is 0 Å². The highest BCUT2D eigenvalue weighted by Crippen LogP contribution is 2.43. The Hall–Kier alpha value is -4.10. The number of hydrogen-bond acceptors (Lipinski definition) is 6. The molecule has 0 radical (unpaired) electrons. The number of halogens is 1. The first-order valence-corrected chi connectivity index (χ1v) is 11.4. The molecule has 35 heavy (non-hydrogen) atoms. The molecule has 0 bridgehead atoms. The number of hydrogen-bond donors (Lipinski definition) is 3. The largest absolute Gasteiger partial charge is 0.508 e. The van der Waals surface area contributed by atoms with Crippen molar-refractivity contribution in [3.05, 3.63) is 95.3 Å². The summed E-state index contributed by atoms with van der Waals surface area (Å²) in [5, 5.41) is 10.6. The number of nitrogens with zero attached hydrogens (tertiary/aromatic N) is 3. The van der Waals surface area contributed by atoms with E-state index in [9.17, 15) is 5.11 Å². The average molecular weight is 488 g/mol. The van der Waals surface area contributed by atoms with Gasteiger partial charge in [0, 0.05) is 64.0 Å². The second kappa shape index (κ2) is 10.4. The topological polar surface area (TPSA) is 110 Å². The third kappa shape index (κ3) is 5.20. The van der Waals surface area contributed by atoms with E-state index in [0.717, 1.165) is 27.8 Å². The number of anilines is 1. The summed E-state index contributed by atoms with van der Waals surface area (Å²) in [5.74, 6) is 1.49. The van der Waals surface area contributed by atoms with Gasteiger partial charge < -0.3 is 20.6 Å². The van der Waals surface area contributed by atoms with Gasteiger partial charge in [-0.05, 0) is 36.8 Å². The summed E-state index contributed by atoms with van der Waals surface area (Å²) in [5.41, 5.74) is 11.0. The number of H-pyrrole nitrogens is 1. The SMILES string of the molecule is COc1c(C(C)c2nccnc(N)cc(-c3cccc(O)c3)[nH]2)cc(Cl)c(C)c1-c1cccnc1. The second-order valence-corrected chi connectivity index (χ2v) is 8.45. The molecule has 7 nitrogen and oxygen atoms in total. The van der Waals surface area contributed by atoms with Gasteiger partial charge in [-0.3, -0.25) is 4.98 Å². The number of aromatic amines is 1. The van der Waals surface area contributed by atoms with Crippen LogP contribution in [-0.4, -0.2) is 32.2 Å². The zero-order chi connectivity index (χ0) is 24.9. The molecule has 0 saturated heterocycles. The van der Waals surface area contributed by atoms with Crippen molar-refractivity contribution in [2.75, 3.05) is 12.8 Å². The standard InChI is InChI=1S/C27H26ClN5O2/c1-16(21-13-22(28)17(2)25(26(21)35-3)19-7-5-9-30-15-19)27-32-11-10-31-24(29)14-23(33-27)18-6-4-8-20(34)12-18/h4-16,34H,1-3H3,(H2,29,31)(H,32,33). The second-order valence-electron chi connectivity index (χ2n) is 8.04. The number of rotatable bonds is 5. The van der Waals surface area contributed by atoms with Crippen LogP contribution in [0.1, 0.15) is 29.8 Å². The lowest BCUT2D eigenvalue weighted by atomic mass is 9.91. The lowest BCUT2D eigenvalue weighted by Gasteiger charge is -2.21. The van der Waals surface area contributed by atoms with Gasteiger partial charge in [0.1, 0.15) is 23.1 Å². The molecule has 2 aromatic carbocycles. The highest BCUT2D eigenvalue weighted by Gasteiger charge is 2.23. The first-order chi connectivity index (χ1) is 16.9.